The Hall–Kier alpha value is -6.77. The predicted octanol–water partition coefficient (Wildman–Crippen LogP) is 12.9. The number of nitrogens with zero attached hydrogens (tertiary/aromatic N) is 2. The van der Waals surface area contributed by atoms with Gasteiger partial charge in [0.15, 0.2) is 0 Å². The van der Waals surface area contributed by atoms with E-state index in [9.17, 15) is 0 Å². The van der Waals surface area contributed by atoms with E-state index in [0.717, 1.165) is 28.1 Å². The molecule has 0 saturated heterocycles. The quantitative estimate of drug-likeness (QED) is 0.178. The lowest BCUT2D eigenvalue weighted by atomic mass is 9.73. The molecule has 0 fully saturated rings. The number of aromatic nitrogens is 2. The van der Waals surface area contributed by atoms with Gasteiger partial charge in [0, 0.05) is 23.1 Å². The molecular weight excluding hydrogens is 641 g/mol. The third-order valence-electron chi connectivity index (χ3n) is 11.4. The number of allylic oxidation sites excluding steroid dienone is 8. The molecule has 248 valence electrons. The maximum atomic E-state index is 5.20. The second-order valence-electron chi connectivity index (χ2n) is 14.2. The summed E-state index contributed by atoms with van der Waals surface area (Å²) in [6.45, 7) is 0. The first-order valence-electron chi connectivity index (χ1n) is 18.5. The van der Waals surface area contributed by atoms with Gasteiger partial charge in [-0.3, -0.25) is 4.57 Å². The molecule has 0 aliphatic heterocycles. The van der Waals surface area contributed by atoms with Gasteiger partial charge in [0.2, 0.25) is 0 Å². The minimum Gasteiger partial charge on any atom is -0.292 e. The van der Waals surface area contributed by atoms with Crippen molar-refractivity contribution in [2.24, 2.45) is 5.92 Å². The molecule has 0 N–H and O–H groups in total. The van der Waals surface area contributed by atoms with E-state index in [1.54, 1.807) is 0 Å². The van der Waals surface area contributed by atoms with Gasteiger partial charge in [-0.1, -0.05) is 164 Å². The number of benzene rings is 7. The molecule has 3 aliphatic carbocycles. The smallest absolute Gasteiger partial charge is 0.145 e. The molecule has 3 aliphatic rings. The first-order valence-corrected chi connectivity index (χ1v) is 18.5. The Morgan fingerprint density at radius 1 is 0.472 bits per heavy atom. The number of hydrogen-bond donors (Lipinski definition) is 0. The minimum atomic E-state index is 0.215. The lowest BCUT2D eigenvalue weighted by Gasteiger charge is -2.30. The Kier molecular flexibility index (Phi) is 6.72. The highest BCUT2D eigenvalue weighted by atomic mass is 15.1. The third-order valence-corrected chi connectivity index (χ3v) is 11.4. The Balaban J connectivity index is 1.13. The standard InChI is InChI=1S/C51H34N2/c1-4-16-33(17-5-1)46-40-24-10-11-25-41(40)47(34-18-6-2-7-19-34)50-43-31-30-38(39-26-15-27-42(48(39)43)49(46)50)35-20-14-21-36(32-35)51-52-44-28-12-13-29-45(44)53(51)37-22-8-3-9-23-37/h1-32,42,48H. The molecule has 53 heavy (non-hydrogen) atoms. The van der Waals surface area contributed by atoms with Crippen LogP contribution in [0.5, 0.6) is 0 Å². The SMILES string of the molecule is C1=CC2c3c(c(-c4ccccc4)c4ccccc4c3-c3ccccc3)C3=CC=C(c4cccc(-c5nc6ccccc6n5-c5ccccc5)c4)C(=C1)C32. The van der Waals surface area contributed by atoms with Gasteiger partial charge in [-0.2, -0.15) is 0 Å². The summed E-state index contributed by atoms with van der Waals surface area (Å²) in [5.74, 6) is 1.38. The molecule has 1 aromatic heterocycles. The molecular formula is C51H34N2. The van der Waals surface area contributed by atoms with Gasteiger partial charge < -0.3 is 0 Å². The Labute approximate surface area is 309 Å². The zero-order chi connectivity index (χ0) is 34.9. The molecule has 0 saturated carbocycles. The van der Waals surface area contributed by atoms with Crippen molar-refractivity contribution in [3.05, 3.63) is 216 Å². The summed E-state index contributed by atoms with van der Waals surface area (Å²) >= 11 is 0. The van der Waals surface area contributed by atoms with E-state index in [0.29, 0.717) is 0 Å². The van der Waals surface area contributed by atoms with Crippen LogP contribution < -0.4 is 0 Å². The first-order chi connectivity index (χ1) is 26.3. The van der Waals surface area contributed by atoms with Crippen molar-refractivity contribution in [2.75, 3.05) is 0 Å². The number of imidazole rings is 1. The van der Waals surface area contributed by atoms with Crippen molar-refractivity contribution in [3.63, 3.8) is 0 Å². The van der Waals surface area contributed by atoms with Crippen LogP contribution in [0.1, 0.15) is 22.6 Å². The van der Waals surface area contributed by atoms with Gasteiger partial charge in [0.1, 0.15) is 5.82 Å². The lowest BCUT2D eigenvalue weighted by Crippen LogP contribution is -2.15. The molecule has 11 rings (SSSR count). The summed E-state index contributed by atoms with van der Waals surface area (Å²) in [5, 5.41) is 2.61. The molecule has 2 atom stereocenters. The highest BCUT2D eigenvalue weighted by molar-refractivity contribution is 6.14. The van der Waals surface area contributed by atoms with Gasteiger partial charge in [0.25, 0.3) is 0 Å². The van der Waals surface area contributed by atoms with Crippen LogP contribution in [0.3, 0.4) is 0 Å². The van der Waals surface area contributed by atoms with Crippen LogP contribution in [-0.4, -0.2) is 9.55 Å². The molecule has 2 nitrogen and oxygen atoms in total. The van der Waals surface area contributed by atoms with Crippen molar-refractivity contribution in [1.82, 2.24) is 9.55 Å². The second kappa shape index (κ2) is 11.9. The van der Waals surface area contributed by atoms with E-state index in [4.69, 9.17) is 4.98 Å². The average molecular weight is 675 g/mol. The predicted molar refractivity (Wildman–Crippen MR) is 221 cm³/mol. The molecule has 0 spiro atoms. The fourth-order valence-electron chi connectivity index (χ4n) is 9.24. The normalized spacial score (nSPS) is 16.9. The summed E-state index contributed by atoms with van der Waals surface area (Å²) in [7, 11) is 0. The summed E-state index contributed by atoms with van der Waals surface area (Å²) < 4.78 is 2.29. The molecule has 0 amide bonds. The zero-order valence-electron chi connectivity index (χ0n) is 29.0. The molecule has 0 bridgehead atoms. The Morgan fingerprint density at radius 2 is 1.09 bits per heavy atom. The average Bonchev–Trinajstić information content (AvgIpc) is 3.78. The lowest BCUT2D eigenvalue weighted by molar-refractivity contribution is 0.727. The van der Waals surface area contributed by atoms with Crippen molar-refractivity contribution in [2.45, 2.75) is 5.92 Å². The van der Waals surface area contributed by atoms with Crippen LogP contribution in [0.4, 0.5) is 0 Å². The summed E-state index contributed by atoms with van der Waals surface area (Å²) in [4.78, 5) is 5.20. The fraction of sp³-hybridized carbons (Fsp3) is 0.0392. The van der Waals surface area contributed by atoms with E-state index in [1.807, 2.05) is 0 Å². The van der Waals surface area contributed by atoms with Crippen LogP contribution in [-0.2, 0) is 0 Å². The van der Waals surface area contributed by atoms with E-state index in [-0.39, 0.29) is 11.8 Å². The van der Waals surface area contributed by atoms with Gasteiger partial charge in [-0.25, -0.2) is 4.98 Å². The molecule has 7 aromatic carbocycles. The Morgan fingerprint density at radius 3 is 1.87 bits per heavy atom. The highest BCUT2D eigenvalue weighted by Gasteiger charge is 2.44. The maximum Gasteiger partial charge on any atom is 0.145 e. The largest absolute Gasteiger partial charge is 0.292 e. The maximum absolute atomic E-state index is 5.20. The van der Waals surface area contributed by atoms with E-state index in [1.165, 1.54) is 66.4 Å². The van der Waals surface area contributed by atoms with Gasteiger partial charge in [0.05, 0.1) is 11.0 Å². The molecule has 1 heterocycles. The fourth-order valence-corrected chi connectivity index (χ4v) is 9.24. The molecule has 2 heteroatoms. The summed E-state index contributed by atoms with van der Waals surface area (Å²) in [5.41, 5.74) is 17.6. The van der Waals surface area contributed by atoms with E-state index >= 15 is 0 Å². The van der Waals surface area contributed by atoms with Crippen molar-refractivity contribution in [1.29, 1.82) is 0 Å². The monoisotopic (exact) mass is 674 g/mol. The van der Waals surface area contributed by atoms with Crippen LogP contribution in [0.25, 0.3) is 72.3 Å². The van der Waals surface area contributed by atoms with Gasteiger partial charge in [-0.05, 0) is 96.8 Å². The van der Waals surface area contributed by atoms with E-state index in [2.05, 4.69) is 199 Å². The van der Waals surface area contributed by atoms with E-state index < -0.39 is 0 Å². The molecule has 2 unspecified atom stereocenters. The number of hydrogen-bond acceptors (Lipinski definition) is 1. The van der Waals surface area contributed by atoms with Gasteiger partial charge in [-0.15, -0.1) is 0 Å². The van der Waals surface area contributed by atoms with Crippen molar-refractivity contribution >= 4 is 33.0 Å². The van der Waals surface area contributed by atoms with Gasteiger partial charge >= 0.3 is 0 Å². The molecule has 8 aromatic rings. The van der Waals surface area contributed by atoms with Crippen molar-refractivity contribution in [3.8, 4) is 39.3 Å². The van der Waals surface area contributed by atoms with Crippen molar-refractivity contribution < 1.29 is 0 Å². The van der Waals surface area contributed by atoms with Crippen LogP contribution in [0, 0.1) is 5.92 Å². The highest BCUT2D eigenvalue weighted by Crippen LogP contribution is 2.62. The van der Waals surface area contributed by atoms with Crippen LogP contribution in [0.15, 0.2) is 200 Å². The molecule has 0 radical (unpaired) electrons. The van der Waals surface area contributed by atoms with Crippen LogP contribution >= 0.6 is 0 Å². The first kappa shape index (κ1) is 29.9. The van der Waals surface area contributed by atoms with Crippen LogP contribution in [0.2, 0.25) is 0 Å². The third kappa shape index (κ3) is 4.55. The summed E-state index contributed by atoms with van der Waals surface area (Å²) in [6.07, 6.45) is 11.9. The Bertz CT molecular complexity index is 2870. The number of rotatable bonds is 5. The number of para-hydroxylation sites is 3. The summed E-state index contributed by atoms with van der Waals surface area (Å²) in [6, 6.07) is 59.0. The zero-order valence-corrected chi connectivity index (χ0v) is 29.0. The topological polar surface area (TPSA) is 17.8 Å². The second-order valence-corrected chi connectivity index (χ2v) is 14.2. The number of fused-ring (bicyclic) bond motifs is 5. The minimum absolute atomic E-state index is 0.215.